The molecule has 0 aliphatic carbocycles. The number of carbonyl (C=O) groups is 2. The zero-order chi connectivity index (χ0) is 26.0. The average Bonchev–Trinajstić information content (AvgIpc) is 2.82. The number of rotatable bonds is 13. The van der Waals surface area contributed by atoms with Crippen LogP contribution in [0.15, 0.2) is 40.6 Å². The van der Waals surface area contributed by atoms with E-state index in [9.17, 15) is 9.59 Å². The molecule has 35 heavy (non-hydrogen) atoms. The van der Waals surface area contributed by atoms with Gasteiger partial charge in [-0.3, -0.25) is 9.59 Å². The zero-order valence-electron chi connectivity index (χ0n) is 20.3. The molecular weight excluding hydrogens is 497 g/mol. The van der Waals surface area contributed by atoms with Gasteiger partial charge in [-0.15, -0.1) is 5.11 Å². The highest BCUT2D eigenvalue weighted by Gasteiger charge is 2.30. The first kappa shape index (κ1) is 28.2. The third-order valence-corrected chi connectivity index (χ3v) is 5.17. The summed E-state index contributed by atoms with van der Waals surface area (Å²) in [6, 6.07) is 6.53. The molecule has 0 N–H and O–H groups in total. The van der Waals surface area contributed by atoms with Gasteiger partial charge >= 0.3 is 0 Å². The molecule has 0 bridgehead atoms. The second-order valence-electron chi connectivity index (χ2n) is 6.97. The van der Waals surface area contributed by atoms with Crippen molar-refractivity contribution in [3.63, 3.8) is 0 Å². The zero-order valence-corrected chi connectivity index (χ0v) is 21.9. The molecule has 2 rings (SSSR count). The molecule has 1 amide bonds. The van der Waals surface area contributed by atoms with E-state index in [1.807, 2.05) is 20.8 Å². The number of ether oxygens (including phenoxy) is 4. The van der Waals surface area contributed by atoms with Crippen LogP contribution in [0.5, 0.6) is 23.0 Å². The fourth-order valence-electron chi connectivity index (χ4n) is 2.99. The molecule has 0 fully saturated rings. The van der Waals surface area contributed by atoms with Crippen LogP contribution >= 0.6 is 23.4 Å². The maximum atomic E-state index is 13.2. The SMILES string of the molecule is CCOc1cc(OCC)cc(N(Cl)C(=O)C(N=Nc2c(OCC)ccc(OCC)c2Cl)C(C)=O)c1. The Hall–Kier alpha value is -3.04. The fraction of sp³-hybridized carbons (Fsp3) is 0.417. The van der Waals surface area contributed by atoms with Gasteiger partial charge in [0.2, 0.25) is 6.04 Å². The Morgan fingerprint density at radius 2 is 1.40 bits per heavy atom. The molecule has 0 aliphatic heterocycles. The molecule has 2 aromatic carbocycles. The first-order valence-electron chi connectivity index (χ1n) is 11.2. The Bertz CT molecular complexity index is 1040. The highest BCUT2D eigenvalue weighted by molar-refractivity contribution is 6.39. The second kappa shape index (κ2) is 13.7. The summed E-state index contributed by atoms with van der Waals surface area (Å²) in [4.78, 5) is 25.5. The van der Waals surface area contributed by atoms with Crippen LogP contribution in [0.4, 0.5) is 11.4 Å². The van der Waals surface area contributed by atoms with Crippen molar-refractivity contribution >= 4 is 46.4 Å². The maximum absolute atomic E-state index is 13.2. The Morgan fingerprint density at radius 3 is 1.91 bits per heavy atom. The van der Waals surface area contributed by atoms with Gasteiger partial charge in [-0.05, 0) is 46.8 Å². The van der Waals surface area contributed by atoms with Crippen LogP contribution in [0.2, 0.25) is 5.02 Å². The molecular formula is C24H29Cl2N3O6. The van der Waals surface area contributed by atoms with Crippen LogP contribution in [-0.4, -0.2) is 44.2 Å². The number of hydrogen-bond acceptors (Lipinski definition) is 8. The van der Waals surface area contributed by atoms with Crippen molar-refractivity contribution in [2.45, 2.75) is 40.7 Å². The minimum atomic E-state index is -1.53. The summed E-state index contributed by atoms with van der Waals surface area (Å²) < 4.78 is 22.9. The largest absolute Gasteiger partial charge is 0.494 e. The lowest BCUT2D eigenvalue weighted by molar-refractivity contribution is -0.126. The summed E-state index contributed by atoms with van der Waals surface area (Å²) in [5.74, 6) is 0.224. The number of ketones is 1. The van der Waals surface area contributed by atoms with Gasteiger partial charge < -0.3 is 18.9 Å². The minimum absolute atomic E-state index is 0.136. The van der Waals surface area contributed by atoms with E-state index in [1.54, 1.807) is 37.3 Å². The van der Waals surface area contributed by atoms with Gasteiger partial charge in [0, 0.05) is 30.0 Å². The lowest BCUT2D eigenvalue weighted by Gasteiger charge is -2.19. The summed E-state index contributed by atoms with van der Waals surface area (Å²) in [6.07, 6.45) is 0. The van der Waals surface area contributed by atoms with Gasteiger partial charge in [0.1, 0.15) is 33.7 Å². The number of Topliss-reactive ketones (excluding diaryl/α,β-unsaturated/α-hetero) is 1. The van der Waals surface area contributed by atoms with Crippen LogP contribution < -0.4 is 23.4 Å². The predicted molar refractivity (Wildman–Crippen MR) is 135 cm³/mol. The van der Waals surface area contributed by atoms with Gasteiger partial charge in [-0.25, -0.2) is 4.42 Å². The van der Waals surface area contributed by atoms with E-state index in [0.717, 1.165) is 4.42 Å². The van der Waals surface area contributed by atoms with Crippen molar-refractivity contribution in [2.24, 2.45) is 10.2 Å². The Labute approximate surface area is 215 Å². The van der Waals surface area contributed by atoms with Gasteiger partial charge in [0.15, 0.2) is 5.78 Å². The standard InChI is InChI=1S/C24H29Cl2N3O6/c1-6-32-17-12-16(13-18(14-17)33-7-2)29(26)24(31)22(15(5)30)27-28-23-20(35-9-4)11-10-19(21(23)25)34-8-3/h10-14,22H,6-9H2,1-5H3. The third kappa shape index (κ3) is 7.47. The van der Waals surface area contributed by atoms with Gasteiger partial charge in [-0.1, -0.05) is 11.6 Å². The molecule has 0 heterocycles. The quantitative estimate of drug-likeness (QED) is 0.176. The second-order valence-corrected chi connectivity index (χ2v) is 7.68. The molecule has 9 nitrogen and oxygen atoms in total. The first-order chi connectivity index (χ1) is 16.8. The average molecular weight is 526 g/mol. The smallest absolute Gasteiger partial charge is 0.276 e. The number of benzene rings is 2. The predicted octanol–water partition coefficient (Wildman–Crippen LogP) is 6.16. The van der Waals surface area contributed by atoms with Crippen molar-refractivity contribution in [1.82, 2.24) is 0 Å². The van der Waals surface area contributed by atoms with Crippen LogP contribution in [-0.2, 0) is 9.59 Å². The fourth-order valence-corrected chi connectivity index (χ4v) is 3.42. The summed E-state index contributed by atoms with van der Waals surface area (Å²) in [7, 11) is 0. The molecule has 11 heteroatoms. The van der Waals surface area contributed by atoms with Crippen LogP contribution in [0.3, 0.4) is 0 Å². The molecule has 1 atom stereocenters. The van der Waals surface area contributed by atoms with Gasteiger partial charge in [0.25, 0.3) is 5.91 Å². The molecule has 0 spiro atoms. The molecule has 0 saturated heterocycles. The summed E-state index contributed by atoms with van der Waals surface area (Å²) in [6.45, 7) is 10.0. The summed E-state index contributed by atoms with van der Waals surface area (Å²) >= 11 is 12.8. The van der Waals surface area contributed by atoms with E-state index in [-0.39, 0.29) is 16.4 Å². The van der Waals surface area contributed by atoms with Crippen LogP contribution in [0.25, 0.3) is 0 Å². The Morgan fingerprint density at radius 1 is 0.886 bits per heavy atom. The maximum Gasteiger partial charge on any atom is 0.276 e. The van der Waals surface area contributed by atoms with Crippen LogP contribution in [0, 0.1) is 0 Å². The molecule has 0 aromatic heterocycles. The van der Waals surface area contributed by atoms with E-state index in [2.05, 4.69) is 10.2 Å². The lowest BCUT2D eigenvalue weighted by Crippen LogP contribution is -2.36. The van der Waals surface area contributed by atoms with E-state index >= 15 is 0 Å². The van der Waals surface area contributed by atoms with E-state index < -0.39 is 17.7 Å². The number of carbonyl (C=O) groups excluding carboxylic acids is 2. The van der Waals surface area contributed by atoms with Crippen molar-refractivity contribution < 1.29 is 28.5 Å². The van der Waals surface area contributed by atoms with E-state index in [0.29, 0.717) is 49.4 Å². The minimum Gasteiger partial charge on any atom is -0.494 e. The highest BCUT2D eigenvalue weighted by atomic mass is 35.5. The lowest BCUT2D eigenvalue weighted by atomic mass is 10.2. The topological polar surface area (TPSA) is 99.0 Å². The first-order valence-corrected chi connectivity index (χ1v) is 11.9. The van der Waals surface area contributed by atoms with E-state index in [1.165, 1.54) is 6.92 Å². The monoisotopic (exact) mass is 525 g/mol. The number of azo groups is 1. The van der Waals surface area contributed by atoms with Crippen molar-refractivity contribution in [1.29, 1.82) is 0 Å². The number of anilines is 1. The summed E-state index contributed by atoms with van der Waals surface area (Å²) in [5, 5.41) is 8.21. The number of halogens is 2. The molecule has 0 saturated carbocycles. The number of amides is 1. The molecule has 190 valence electrons. The molecule has 1 unspecified atom stereocenters. The molecule has 0 radical (unpaired) electrons. The van der Waals surface area contributed by atoms with Crippen LogP contribution in [0.1, 0.15) is 34.6 Å². The van der Waals surface area contributed by atoms with Crippen molar-refractivity contribution in [3.8, 4) is 23.0 Å². The number of nitrogens with zero attached hydrogens (tertiary/aromatic N) is 3. The third-order valence-electron chi connectivity index (χ3n) is 4.44. The Balaban J connectivity index is 2.43. The number of hydrogen-bond donors (Lipinski definition) is 0. The highest BCUT2D eigenvalue weighted by Crippen LogP contribution is 2.42. The van der Waals surface area contributed by atoms with Gasteiger partial charge in [0.05, 0.1) is 32.1 Å². The van der Waals surface area contributed by atoms with Gasteiger partial charge in [-0.2, -0.15) is 5.11 Å². The van der Waals surface area contributed by atoms with Crippen molar-refractivity contribution in [2.75, 3.05) is 30.8 Å². The van der Waals surface area contributed by atoms with Crippen molar-refractivity contribution in [3.05, 3.63) is 35.4 Å². The summed E-state index contributed by atoms with van der Waals surface area (Å²) in [5.41, 5.74) is 0.385. The molecule has 0 aliphatic rings. The van der Waals surface area contributed by atoms with E-state index in [4.69, 9.17) is 42.3 Å². The normalized spacial score (nSPS) is 11.7. The Kier molecular flexibility index (Phi) is 11.1. The molecule has 2 aromatic rings.